The van der Waals surface area contributed by atoms with Crippen LogP contribution in [0.2, 0.25) is 0 Å². The smallest absolute Gasteiger partial charge is 0.315 e. The standard InChI is InChI=1S/C10H20N2O/c1-2-8-12(10(11)13)9-6-4-3-5-7-9/h9H,2-8H2,1H3,(H2,11,13). The van der Waals surface area contributed by atoms with Gasteiger partial charge in [-0.25, -0.2) is 4.79 Å². The second-order valence-corrected chi connectivity index (χ2v) is 3.82. The molecule has 2 N–H and O–H groups in total. The number of nitrogens with zero attached hydrogens (tertiary/aromatic N) is 1. The average Bonchev–Trinajstić information content (AvgIpc) is 2.15. The molecule has 76 valence electrons. The van der Waals surface area contributed by atoms with Crippen LogP contribution in [0.5, 0.6) is 0 Å². The van der Waals surface area contributed by atoms with Gasteiger partial charge in [-0.15, -0.1) is 0 Å². The molecule has 1 fully saturated rings. The van der Waals surface area contributed by atoms with E-state index in [0.717, 1.165) is 25.8 Å². The molecule has 13 heavy (non-hydrogen) atoms. The maximum absolute atomic E-state index is 11.1. The van der Waals surface area contributed by atoms with Gasteiger partial charge in [0, 0.05) is 12.6 Å². The van der Waals surface area contributed by atoms with Crippen molar-refractivity contribution in [1.29, 1.82) is 0 Å². The third-order valence-corrected chi connectivity index (χ3v) is 2.76. The quantitative estimate of drug-likeness (QED) is 0.717. The lowest BCUT2D eigenvalue weighted by molar-refractivity contribution is 0.164. The molecule has 0 spiro atoms. The van der Waals surface area contributed by atoms with E-state index in [9.17, 15) is 4.79 Å². The Bertz CT molecular complexity index is 164. The first-order valence-corrected chi connectivity index (χ1v) is 5.31. The van der Waals surface area contributed by atoms with Gasteiger partial charge in [0.1, 0.15) is 0 Å². The number of rotatable bonds is 3. The Hall–Kier alpha value is -0.730. The van der Waals surface area contributed by atoms with Crippen LogP contribution in [0, 0.1) is 0 Å². The Labute approximate surface area is 80.3 Å². The number of primary amides is 1. The van der Waals surface area contributed by atoms with Crippen molar-refractivity contribution in [1.82, 2.24) is 4.90 Å². The maximum Gasteiger partial charge on any atom is 0.315 e. The first kappa shape index (κ1) is 10.4. The first-order valence-electron chi connectivity index (χ1n) is 5.31. The summed E-state index contributed by atoms with van der Waals surface area (Å²) in [5.74, 6) is 0. The highest BCUT2D eigenvalue weighted by atomic mass is 16.2. The summed E-state index contributed by atoms with van der Waals surface area (Å²) in [6, 6.07) is 0.181. The molecular weight excluding hydrogens is 164 g/mol. The van der Waals surface area contributed by atoms with Gasteiger partial charge in [0.15, 0.2) is 0 Å². The van der Waals surface area contributed by atoms with E-state index in [2.05, 4.69) is 6.92 Å². The van der Waals surface area contributed by atoms with Crippen LogP contribution in [0.1, 0.15) is 45.4 Å². The minimum absolute atomic E-state index is 0.242. The molecule has 3 heteroatoms. The van der Waals surface area contributed by atoms with Gasteiger partial charge < -0.3 is 10.6 Å². The highest BCUT2D eigenvalue weighted by Crippen LogP contribution is 2.22. The fraction of sp³-hybridized carbons (Fsp3) is 0.900. The lowest BCUT2D eigenvalue weighted by Gasteiger charge is -2.32. The molecule has 0 atom stereocenters. The van der Waals surface area contributed by atoms with Gasteiger partial charge in [0.25, 0.3) is 0 Å². The van der Waals surface area contributed by atoms with Crippen molar-refractivity contribution in [2.24, 2.45) is 5.73 Å². The third-order valence-electron chi connectivity index (χ3n) is 2.76. The van der Waals surface area contributed by atoms with E-state index in [1.165, 1.54) is 19.3 Å². The van der Waals surface area contributed by atoms with Gasteiger partial charge in [-0.3, -0.25) is 0 Å². The molecule has 1 aliphatic carbocycles. The molecule has 3 nitrogen and oxygen atoms in total. The van der Waals surface area contributed by atoms with Crippen LogP contribution in [0.15, 0.2) is 0 Å². The molecule has 0 aromatic heterocycles. The minimum Gasteiger partial charge on any atom is -0.351 e. The predicted octanol–water partition coefficient (Wildman–Crippen LogP) is 2.11. The molecule has 1 rings (SSSR count). The lowest BCUT2D eigenvalue weighted by atomic mass is 9.94. The molecule has 0 aromatic rings. The van der Waals surface area contributed by atoms with E-state index in [-0.39, 0.29) is 6.03 Å². The molecule has 0 bridgehead atoms. The van der Waals surface area contributed by atoms with E-state index < -0.39 is 0 Å². The van der Waals surface area contributed by atoms with E-state index in [1.807, 2.05) is 4.90 Å². The van der Waals surface area contributed by atoms with Crippen LogP contribution in [-0.4, -0.2) is 23.5 Å². The zero-order valence-corrected chi connectivity index (χ0v) is 8.46. The Morgan fingerprint density at radius 2 is 2.00 bits per heavy atom. The molecule has 2 amide bonds. The number of carbonyl (C=O) groups is 1. The van der Waals surface area contributed by atoms with Gasteiger partial charge in [0.2, 0.25) is 0 Å². The molecule has 0 saturated heterocycles. The predicted molar refractivity (Wildman–Crippen MR) is 53.5 cm³/mol. The molecule has 0 heterocycles. The van der Waals surface area contributed by atoms with Crippen molar-refractivity contribution in [2.45, 2.75) is 51.5 Å². The fourth-order valence-electron chi connectivity index (χ4n) is 2.11. The number of hydrogen-bond donors (Lipinski definition) is 1. The van der Waals surface area contributed by atoms with Gasteiger partial charge >= 0.3 is 6.03 Å². The van der Waals surface area contributed by atoms with Gasteiger partial charge in [-0.2, -0.15) is 0 Å². The Balaban J connectivity index is 2.46. The summed E-state index contributed by atoms with van der Waals surface area (Å²) >= 11 is 0. The van der Waals surface area contributed by atoms with Crippen LogP contribution >= 0.6 is 0 Å². The highest BCUT2D eigenvalue weighted by molar-refractivity contribution is 5.72. The molecule has 1 saturated carbocycles. The van der Waals surface area contributed by atoms with Crippen molar-refractivity contribution in [3.8, 4) is 0 Å². The normalized spacial score (nSPS) is 18.5. The highest BCUT2D eigenvalue weighted by Gasteiger charge is 2.22. The van der Waals surface area contributed by atoms with Crippen LogP contribution in [-0.2, 0) is 0 Å². The fourth-order valence-corrected chi connectivity index (χ4v) is 2.11. The van der Waals surface area contributed by atoms with Crippen LogP contribution in [0.4, 0.5) is 4.79 Å². The molecule has 0 unspecified atom stereocenters. The summed E-state index contributed by atoms with van der Waals surface area (Å²) in [7, 11) is 0. The molecule has 1 aliphatic rings. The van der Waals surface area contributed by atoms with Crippen molar-refractivity contribution < 1.29 is 4.79 Å². The van der Waals surface area contributed by atoms with Gasteiger partial charge in [0.05, 0.1) is 0 Å². The SMILES string of the molecule is CCCN(C(N)=O)C1CCCCC1. The number of nitrogens with two attached hydrogens (primary N) is 1. The van der Waals surface area contributed by atoms with Crippen molar-refractivity contribution in [3.63, 3.8) is 0 Å². The van der Waals surface area contributed by atoms with E-state index >= 15 is 0 Å². The summed E-state index contributed by atoms with van der Waals surface area (Å²) in [5, 5.41) is 0. The first-order chi connectivity index (χ1) is 6.25. The summed E-state index contributed by atoms with van der Waals surface area (Å²) in [6.07, 6.45) is 7.09. The zero-order chi connectivity index (χ0) is 9.68. The monoisotopic (exact) mass is 184 g/mol. The minimum atomic E-state index is -0.242. The van der Waals surface area contributed by atoms with Crippen molar-refractivity contribution in [3.05, 3.63) is 0 Å². The second-order valence-electron chi connectivity index (χ2n) is 3.82. The van der Waals surface area contributed by atoms with Crippen LogP contribution in [0.25, 0.3) is 0 Å². The number of hydrogen-bond acceptors (Lipinski definition) is 1. The average molecular weight is 184 g/mol. The third kappa shape index (κ3) is 2.90. The summed E-state index contributed by atoms with van der Waals surface area (Å²) in [6.45, 7) is 2.90. The van der Waals surface area contributed by atoms with Gasteiger partial charge in [-0.05, 0) is 19.3 Å². The van der Waals surface area contributed by atoms with Crippen molar-refractivity contribution in [2.75, 3.05) is 6.54 Å². The van der Waals surface area contributed by atoms with E-state index in [4.69, 9.17) is 5.73 Å². The molecule has 0 radical (unpaired) electrons. The molecular formula is C10H20N2O. The Morgan fingerprint density at radius 3 is 2.46 bits per heavy atom. The number of amides is 2. The Morgan fingerprint density at radius 1 is 1.38 bits per heavy atom. The summed E-state index contributed by atoms with van der Waals surface area (Å²) < 4.78 is 0. The van der Waals surface area contributed by atoms with E-state index in [0.29, 0.717) is 6.04 Å². The molecule has 0 aliphatic heterocycles. The number of carbonyl (C=O) groups excluding carboxylic acids is 1. The molecule has 0 aromatic carbocycles. The largest absolute Gasteiger partial charge is 0.351 e. The van der Waals surface area contributed by atoms with Crippen LogP contribution in [0.3, 0.4) is 0 Å². The summed E-state index contributed by atoms with van der Waals surface area (Å²) in [5.41, 5.74) is 5.34. The van der Waals surface area contributed by atoms with Gasteiger partial charge in [-0.1, -0.05) is 26.2 Å². The zero-order valence-electron chi connectivity index (χ0n) is 8.46. The lowest BCUT2D eigenvalue weighted by Crippen LogP contribution is -2.44. The Kier molecular flexibility index (Phi) is 4.06. The maximum atomic E-state index is 11.1. The summed E-state index contributed by atoms with van der Waals surface area (Å²) in [4.78, 5) is 13.0. The number of urea groups is 1. The topological polar surface area (TPSA) is 46.3 Å². The second kappa shape index (κ2) is 5.10. The van der Waals surface area contributed by atoms with Crippen LogP contribution < -0.4 is 5.73 Å². The van der Waals surface area contributed by atoms with Crippen molar-refractivity contribution >= 4 is 6.03 Å². The van der Waals surface area contributed by atoms with E-state index in [1.54, 1.807) is 0 Å².